The quantitative estimate of drug-likeness (QED) is 0.803. The van der Waals surface area contributed by atoms with Gasteiger partial charge in [-0.15, -0.1) is 11.3 Å². The van der Waals surface area contributed by atoms with Crippen LogP contribution in [0.3, 0.4) is 0 Å². The smallest absolute Gasteiger partial charge is 0.296 e. The van der Waals surface area contributed by atoms with Crippen molar-refractivity contribution in [1.29, 1.82) is 0 Å². The van der Waals surface area contributed by atoms with Crippen LogP contribution >= 0.6 is 11.3 Å². The van der Waals surface area contributed by atoms with Gasteiger partial charge in [0, 0.05) is 13.1 Å². The molecule has 1 aliphatic carbocycles. The number of hydrogen-bond donors (Lipinski definition) is 1. The Hall–Kier alpha value is -0.550. The number of nitrogens with zero attached hydrogens (tertiary/aromatic N) is 1. The van der Waals surface area contributed by atoms with Gasteiger partial charge in [0.1, 0.15) is 5.60 Å². The highest BCUT2D eigenvalue weighted by Crippen LogP contribution is 2.48. The van der Waals surface area contributed by atoms with Crippen LogP contribution in [0.4, 0.5) is 8.78 Å². The summed E-state index contributed by atoms with van der Waals surface area (Å²) in [5.41, 5.74) is -0.846. The van der Waals surface area contributed by atoms with Crippen molar-refractivity contribution >= 4 is 11.3 Å². The highest BCUT2D eigenvalue weighted by Gasteiger charge is 2.45. The van der Waals surface area contributed by atoms with Crippen LogP contribution in [0.15, 0.2) is 6.20 Å². The zero-order valence-electron chi connectivity index (χ0n) is 7.05. The molecule has 0 bridgehead atoms. The van der Waals surface area contributed by atoms with Crippen LogP contribution < -0.4 is 0 Å². The van der Waals surface area contributed by atoms with Crippen molar-refractivity contribution in [3.63, 3.8) is 0 Å². The topological polar surface area (TPSA) is 33.1 Å². The van der Waals surface area contributed by atoms with Crippen molar-refractivity contribution in [2.45, 2.75) is 31.3 Å². The average Bonchev–Trinajstić information content (AvgIpc) is 2.60. The second kappa shape index (κ2) is 2.48. The number of hydrogen-bond acceptors (Lipinski definition) is 3. The molecule has 1 aromatic heterocycles. The number of halogens is 2. The largest absolute Gasteiger partial charge is 0.384 e. The molecule has 0 saturated heterocycles. The summed E-state index contributed by atoms with van der Waals surface area (Å²) in [6.45, 7) is 0.812. The lowest BCUT2D eigenvalue weighted by Crippen LogP contribution is -2.05. The SMILES string of the molecule is CC(F)(F)c1ncc(C2(O)CC2)s1. The molecule has 2 rings (SSSR count). The molecule has 0 spiro atoms. The Kier molecular flexibility index (Phi) is 1.72. The first-order valence-electron chi connectivity index (χ1n) is 3.99. The van der Waals surface area contributed by atoms with E-state index in [0.29, 0.717) is 17.7 Å². The molecular weight excluding hydrogens is 196 g/mol. The van der Waals surface area contributed by atoms with Gasteiger partial charge in [-0.2, -0.15) is 8.78 Å². The van der Waals surface area contributed by atoms with Crippen LogP contribution in [0.1, 0.15) is 29.7 Å². The minimum Gasteiger partial charge on any atom is -0.384 e. The first-order valence-corrected chi connectivity index (χ1v) is 4.80. The molecule has 0 amide bonds. The predicted octanol–water partition coefficient (Wildman–Crippen LogP) is 2.24. The summed E-state index contributed by atoms with van der Waals surface area (Å²) >= 11 is 0.898. The summed E-state index contributed by atoms with van der Waals surface area (Å²) in [6.07, 6.45) is 2.66. The molecule has 2 nitrogen and oxygen atoms in total. The fraction of sp³-hybridized carbons (Fsp3) is 0.625. The molecule has 0 aliphatic heterocycles. The van der Waals surface area contributed by atoms with E-state index in [0.717, 1.165) is 18.3 Å². The monoisotopic (exact) mass is 205 g/mol. The summed E-state index contributed by atoms with van der Waals surface area (Å²) < 4.78 is 25.5. The van der Waals surface area contributed by atoms with E-state index in [1.807, 2.05) is 0 Å². The van der Waals surface area contributed by atoms with E-state index < -0.39 is 11.5 Å². The second-order valence-electron chi connectivity index (χ2n) is 3.45. The number of aliphatic hydroxyl groups is 1. The van der Waals surface area contributed by atoms with Gasteiger partial charge in [-0.05, 0) is 12.8 Å². The van der Waals surface area contributed by atoms with Gasteiger partial charge < -0.3 is 5.11 Å². The summed E-state index contributed by atoms with van der Waals surface area (Å²) in [7, 11) is 0. The van der Waals surface area contributed by atoms with Crippen LogP contribution in [0.2, 0.25) is 0 Å². The summed E-state index contributed by atoms with van der Waals surface area (Å²) in [4.78, 5) is 4.16. The molecule has 0 atom stereocenters. The molecule has 13 heavy (non-hydrogen) atoms. The predicted molar refractivity (Wildman–Crippen MR) is 44.8 cm³/mol. The van der Waals surface area contributed by atoms with Gasteiger partial charge in [-0.3, -0.25) is 0 Å². The second-order valence-corrected chi connectivity index (χ2v) is 4.48. The van der Waals surface area contributed by atoms with E-state index >= 15 is 0 Å². The van der Waals surface area contributed by atoms with Crippen LogP contribution in [0.25, 0.3) is 0 Å². The van der Waals surface area contributed by atoms with Gasteiger partial charge in [0.2, 0.25) is 0 Å². The average molecular weight is 205 g/mol. The van der Waals surface area contributed by atoms with Crippen LogP contribution in [0.5, 0.6) is 0 Å². The fourth-order valence-electron chi connectivity index (χ4n) is 1.06. The molecule has 1 fully saturated rings. The number of rotatable bonds is 2. The van der Waals surface area contributed by atoms with E-state index in [1.165, 1.54) is 6.20 Å². The van der Waals surface area contributed by atoms with E-state index in [2.05, 4.69) is 4.98 Å². The zero-order valence-corrected chi connectivity index (χ0v) is 7.87. The van der Waals surface area contributed by atoms with E-state index in [1.54, 1.807) is 0 Å². The van der Waals surface area contributed by atoms with Crippen molar-refractivity contribution in [3.8, 4) is 0 Å². The number of aromatic nitrogens is 1. The molecule has 0 aromatic carbocycles. The van der Waals surface area contributed by atoms with Crippen LogP contribution in [-0.4, -0.2) is 10.1 Å². The van der Waals surface area contributed by atoms with Crippen molar-refractivity contribution in [2.75, 3.05) is 0 Å². The molecule has 5 heteroatoms. The molecule has 0 radical (unpaired) electrons. The van der Waals surface area contributed by atoms with Gasteiger partial charge in [0.25, 0.3) is 5.92 Å². The maximum Gasteiger partial charge on any atom is 0.296 e. The first kappa shape index (κ1) is 9.02. The van der Waals surface area contributed by atoms with Gasteiger partial charge in [0.15, 0.2) is 5.01 Å². The Labute approximate surface area is 78.2 Å². The molecule has 0 unspecified atom stereocenters. The number of thiazole rings is 1. The maximum atomic E-state index is 12.7. The zero-order chi connectivity index (χ0) is 9.69. The lowest BCUT2D eigenvalue weighted by molar-refractivity contribution is 0.0172. The summed E-state index contributed by atoms with van der Waals surface area (Å²) in [5.74, 6) is -2.89. The third kappa shape index (κ3) is 1.58. The Bertz CT molecular complexity index is 307. The van der Waals surface area contributed by atoms with E-state index in [-0.39, 0.29) is 5.01 Å². The standard InChI is InChI=1S/C8H9F2NOS/c1-7(9,10)6-11-4-5(13-6)8(12)2-3-8/h4,12H,2-3H2,1H3. The Morgan fingerprint density at radius 1 is 1.62 bits per heavy atom. The lowest BCUT2D eigenvalue weighted by atomic mass is 10.3. The molecule has 1 aromatic rings. The highest BCUT2D eigenvalue weighted by molar-refractivity contribution is 7.11. The minimum absolute atomic E-state index is 0.220. The maximum absolute atomic E-state index is 12.7. The normalized spacial score (nSPS) is 20.3. The third-order valence-electron chi connectivity index (χ3n) is 2.06. The van der Waals surface area contributed by atoms with E-state index in [9.17, 15) is 13.9 Å². The number of alkyl halides is 2. The Balaban J connectivity index is 2.29. The Morgan fingerprint density at radius 3 is 2.62 bits per heavy atom. The van der Waals surface area contributed by atoms with Gasteiger partial charge >= 0.3 is 0 Å². The lowest BCUT2D eigenvalue weighted by Gasteiger charge is -2.04. The van der Waals surface area contributed by atoms with Gasteiger partial charge in [0.05, 0.1) is 4.88 Å². The summed E-state index contributed by atoms with van der Waals surface area (Å²) in [6, 6.07) is 0. The van der Waals surface area contributed by atoms with Gasteiger partial charge in [-0.1, -0.05) is 0 Å². The van der Waals surface area contributed by atoms with Crippen molar-refractivity contribution in [1.82, 2.24) is 4.98 Å². The molecular formula is C8H9F2NOS. The summed E-state index contributed by atoms with van der Waals surface area (Å²) in [5, 5.41) is 9.39. The van der Waals surface area contributed by atoms with Gasteiger partial charge in [-0.25, -0.2) is 4.98 Å². The molecule has 1 saturated carbocycles. The van der Waals surface area contributed by atoms with E-state index in [4.69, 9.17) is 0 Å². The minimum atomic E-state index is -2.89. The van der Waals surface area contributed by atoms with Crippen molar-refractivity contribution < 1.29 is 13.9 Å². The molecule has 1 aliphatic rings. The van der Waals surface area contributed by atoms with Crippen molar-refractivity contribution in [2.24, 2.45) is 0 Å². The molecule has 72 valence electrons. The molecule has 1 heterocycles. The fourth-order valence-corrected chi connectivity index (χ4v) is 2.05. The Morgan fingerprint density at radius 2 is 2.23 bits per heavy atom. The van der Waals surface area contributed by atoms with Crippen molar-refractivity contribution in [3.05, 3.63) is 16.1 Å². The van der Waals surface area contributed by atoms with Crippen LogP contribution in [0, 0.1) is 0 Å². The molecule has 1 N–H and O–H groups in total. The third-order valence-corrected chi connectivity index (χ3v) is 3.43. The van der Waals surface area contributed by atoms with Crippen LogP contribution in [-0.2, 0) is 11.5 Å². The first-order chi connectivity index (χ1) is 5.92. The highest BCUT2D eigenvalue weighted by atomic mass is 32.1.